The van der Waals surface area contributed by atoms with Gasteiger partial charge >= 0.3 is 0 Å². The van der Waals surface area contributed by atoms with Crippen LogP contribution in [0.15, 0.2) is 52.5 Å². The molecular weight excluding hydrogens is 354 g/mol. The lowest BCUT2D eigenvalue weighted by Gasteiger charge is -2.04. The number of carbonyl (C=O) groups excluding carboxylic acids is 1. The molecule has 0 unspecified atom stereocenters. The second-order valence-electron chi connectivity index (χ2n) is 4.30. The number of amides is 1. The number of hydrogen-bond acceptors (Lipinski definition) is 2. The molecule has 0 aromatic heterocycles. The largest absolute Gasteiger partial charge is 0.321 e. The van der Waals surface area contributed by atoms with Crippen molar-refractivity contribution >= 4 is 33.6 Å². The molecule has 0 saturated heterocycles. The predicted molar refractivity (Wildman–Crippen MR) is 82.7 cm³/mol. The summed E-state index contributed by atoms with van der Waals surface area (Å²) >= 11 is 3.03. The first-order chi connectivity index (χ1) is 10.5. The summed E-state index contributed by atoms with van der Waals surface area (Å²) in [5.74, 6) is -1.49. The van der Waals surface area contributed by atoms with E-state index in [-0.39, 0.29) is 10.0 Å². The van der Waals surface area contributed by atoms with Gasteiger partial charge in [-0.15, -0.1) is 0 Å². The number of rotatable bonds is 3. The monoisotopic (exact) mass is 362 g/mol. The summed E-state index contributed by atoms with van der Waals surface area (Å²) in [4.78, 5) is 12.0. The molecule has 0 aliphatic carbocycles. The number of nitrogens with zero attached hydrogens (tertiary/aromatic N) is 1. The van der Waals surface area contributed by atoms with Gasteiger partial charge in [-0.1, -0.05) is 6.07 Å². The maximum absolute atomic E-state index is 13.2. The van der Waals surface area contributed by atoms with Gasteiger partial charge in [0.1, 0.15) is 23.3 Å². The van der Waals surface area contributed by atoms with Gasteiger partial charge in [0.15, 0.2) is 0 Å². The van der Waals surface area contributed by atoms with Gasteiger partial charge in [-0.2, -0.15) is 5.26 Å². The van der Waals surface area contributed by atoms with Crippen LogP contribution in [0.3, 0.4) is 0 Å². The fraction of sp³-hybridized carbons (Fsp3) is 0. The summed E-state index contributed by atoms with van der Waals surface area (Å²) in [5.41, 5.74) is 0.717. The zero-order valence-corrected chi connectivity index (χ0v) is 12.7. The Bertz CT molecular complexity index is 780. The smallest absolute Gasteiger partial charge is 0.266 e. The van der Waals surface area contributed by atoms with Crippen LogP contribution in [-0.2, 0) is 4.79 Å². The van der Waals surface area contributed by atoms with Crippen molar-refractivity contribution in [3.63, 3.8) is 0 Å². The molecule has 2 aromatic carbocycles. The molecule has 6 heteroatoms. The van der Waals surface area contributed by atoms with Crippen molar-refractivity contribution in [1.82, 2.24) is 0 Å². The minimum Gasteiger partial charge on any atom is -0.321 e. The summed E-state index contributed by atoms with van der Waals surface area (Å²) in [6.07, 6.45) is 1.34. The third kappa shape index (κ3) is 3.99. The predicted octanol–water partition coefficient (Wildman–Crippen LogP) is 4.27. The Morgan fingerprint density at radius 3 is 2.45 bits per heavy atom. The number of halogens is 3. The molecule has 0 atom stereocenters. The minimum atomic E-state index is -0.630. The summed E-state index contributed by atoms with van der Waals surface area (Å²) in [7, 11) is 0. The molecule has 22 heavy (non-hydrogen) atoms. The van der Waals surface area contributed by atoms with Crippen LogP contribution in [0.2, 0.25) is 0 Å². The third-order valence-corrected chi connectivity index (χ3v) is 3.33. The number of benzene rings is 2. The Morgan fingerprint density at radius 2 is 1.86 bits per heavy atom. The van der Waals surface area contributed by atoms with Crippen molar-refractivity contribution in [2.24, 2.45) is 0 Å². The van der Waals surface area contributed by atoms with Crippen molar-refractivity contribution in [2.75, 3.05) is 5.32 Å². The first kappa shape index (κ1) is 15.9. The SMILES string of the molecule is N#C/C(=C\c1ccc(F)c(Br)c1)C(=O)Nc1ccc(F)cc1. The average Bonchev–Trinajstić information content (AvgIpc) is 2.50. The van der Waals surface area contributed by atoms with Crippen LogP contribution in [0, 0.1) is 23.0 Å². The average molecular weight is 363 g/mol. The summed E-state index contributed by atoms with van der Waals surface area (Å²) < 4.78 is 26.2. The molecule has 0 aliphatic heterocycles. The Kier molecular flexibility index (Phi) is 5.02. The highest BCUT2D eigenvalue weighted by atomic mass is 79.9. The summed E-state index contributed by atoms with van der Waals surface area (Å²) in [5, 5.41) is 11.6. The van der Waals surface area contributed by atoms with Crippen molar-refractivity contribution in [2.45, 2.75) is 0 Å². The number of hydrogen-bond donors (Lipinski definition) is 1. The van der Waals surface area contributed by atoms with E-state index in [1.54, 1.807) is 6.07 Å². The first-order valence-electron chi connectivity index (χ1n) is 6.13. The topological polar surface area (TPSA) is 52.9 Å². The van der Waals surface area contributed by atoms with E-state index in [9.17, 15) is 13.6 Å². The van der Waals surface area contributed by atoms with E-state index in [1.807, 2.05) is 0 Å². The number of carbonyl (C=O) groups is 1. The molecule has 0 fully saturated rings. The fourth-order valence-electron chi connectivity index (χ4n) is 1.65. The van der Waals surface area contributed by atoms with Gasteiger partial charge in [0, 0.05) is 5.69 Å². The number of nitriles is 1. The molecular formula is C16H9BrF2N2O. The van der Waals surface area contributed by atoms with E-state index < -0.39 is 17.5 Å². The van der Waals surface area contributed by atoms with Gasteiger partial charge in [0.2, 0.25) is 0 Å². The Hall–Kier alpha value is -2.52. The Balaban J connectivity index is 2.21. The minimum absolute atomic E-state index is 0.150. The van der Waals surface area contributed by atoms with E-state index in [4.69, 9.17) is 5.26 Å². The highest BCUT2D eigenvalue weighted by Crippen LogP contribution is 2.19. The molecule has 1 amide bonds. The van der Waals surface area contributed by atoms with Gasteiger partial charge in [-0.05, 0) is 64.0 Å². The number of anilines is 1. The van der Waals surface area contributed by atoms with Crippen LogP contribution in [0.5, 0.6) is 0 Å². The van der Waals surface area contributed by atoms with Gasteiger partial charge in [-0.3, -0.25) is 4.79 Å². The quantitative estimate of drug-likeness (QED) is 0.654. The van der Waals surface area contributed by atoms with Crippen LogP contribution >= 0.6 is 15.9 Å². The molecule has 3 nitrogen and oxygen atoms in total. The summed E-state index contributed by atoms with van der Waals surface area (Å²) in [6, 6.07) is 11.1. The molecule has 2 aromatic rings. The molecule has 110 valence electrons. The molecule has 0 saturated carbocycles. The third-order valence-electron chi connectivity index (χ3n) is 2.72. The van der Waals surface area contributed by atoms with Gasteiger partial charge < -0.3 is 5.32 Å². The fourth-order valence-corrected chi connectivity index (χ4v) is 2.05. The van der Waals surface area contributed by atoms with E-state index >= 15 is 0 Å². The lowest BCUT2D eigenvalue weighted by atomic mass is 10.1. The lowest BCUT2D eigenvalue weighted by Crippen LogP contribution is -2.13. The molecule has 0 bridgehead atoms. The van der Waals surface area contributed by atoms with Crippen molar-refractivity contribution in [3.05, 3.63) is 69.7 Å². The van der Waals surface area contributed by atoms with Crippen LogP contribution in [0.25, 0.3) is 6.08 Å². The van der Waals surface area contributed by atoms with Crippen LogP contribution in [0.1, 0.15) is 5.56 Å². The van der Waals surface area contributed by atoms with Crippen molar-refractivity contribution in [1.29, 1.82) is 5.26 Å². The molecule has 0 radical (unpaired) electrons. The van der Waals surface area contributed by atoms with Crippen molar-refractivity contribution < 1.29 is 13.6 Å². The lowest BCUT2D eigenvalue weighted by molar-refractivity contribution is -0.112. The normalized spacial score (nSPS) is 10.9. The van der Waals surface area contributed by atoms with Crippen molar-refractivity contribution in [3.8, 4) is 6.07 Å². The highest BCUT2D eigenvalue weighted by Gasteiger charge is 2.10. The van der Waals surface area contributed by atoms with Crippen LogP contribution < -0.4 is 5.32 Å². The zero-order chi connectivity index (χ0) is 16.1. The molecule has 0 aliphatic rings. The first-order valence-corrected chi connectivity index (χ1v) is 6.92. The van der Waals surface area contributed by atoms with Crippen LogP contribution in [0.4, 0.5) is 14.5 Å². The van der Waals surface area contributed by atoms with E-state index in [2.05, 4.69) is 21.2 Å². The Labute approximate surface area is 134 Å². The van der Waals surface area contributed by atoms with Crippen LogP contribution in [-0.4, -0.2) is 5.91 Å². The molecule has 0 spiro atoms. The molecule has 0 heterocycles. The van der Waals surface area contributed by atoms with E-state index in [0.29, 0.717) is 11.3 Å². The maximum Gasteiger partial charge on any atom is 0.266 e. The van der Waals surface area contributed by atoms with Gasteiger partial charge in [-0.25, -0.2) is 8.78 Å². The second-order valence-corrected chi connectivity index (χ2v) is 5.16. The Morgan fingerprint density at radius 1 is 1.18 bits per heavy atom. The summed E-state index contributed by atoms with van der Waals surface area (Å²) in [6.45, 7) is 0. The molecule has 1 N–H and O–H groups in total. The van der Waals surface area contributed by atoms with E-state index in [1.165, 1.54) is 48.5 Å². The second kappa shape index (κ2) is 6.96. The van der Waals surface area contributed by atoms with Gasteiger partial charge in [0.05, 0.1) is 4.47 Å². The van der Waals surface area contributed by atoms with Gasteiger partial charge in [0.25, 0.3) is 5.91 Å². The van der Waals surface area contributed by atoms with E-state index in [0.717, 1.165) is 0 Å². The molecule has 2 rings (SSSR count). The highest BCUT2D eigenvalue weighted by molar-refractivity contribution is 9.10. The zero-order valence-electron chi connectivity index (χ0n) is 11.1. The number of nitrogens with one attached hydrogen (secondary N) is 1. The maximum atomic E-state index is 13.2. The standard InChI is InChI=1S/C16H9BrF2N2O/c17-14-8-10(1-6-15(14)19)7-11(9-20)16(22)21-13-4-2-12(18)3-5-13/h1-8H,(H,21,22)/b11-7+.